The standard InChI is InChI=1S/C22H16F2N2O3/c23-17-8-1-3-10-19(17)25-21(28)16(13-14-6-5-7-15(27)12-14)22(29)26-20-11-4-2-9-18(20)24/h1-13,27H,(H,25,28)(H,26,29). The number of hydrogen-bond acceptors (Lipinski definition) is 3. The summed E-state index contributed by atoms with van der Waals surface area (Å²) < 4.78 is 27.8. The Morgan fingerprint density at radius 1 is 0.759 bits per heavy atom. The summed E-state index contributed by atoms with van der Waals surface area (Å²) in [5.41, 5.74) is -0.273. The van der Waals surface area contributed by atoms with Gasteiger partial charge in [0.2, 0.25) is 0 Å². The maximum atomic E-state index is 13.9. The molecule has 0 aliphatic carbocycles. The van der Waals surface area contributed by atoms with Gasteiger partial charge in [0.05, 0.1) is 11.4 Å². The number of benzene rings is 3. The summed E-state index contributed by atoms with van der Waals surface area (Å²) >= 11 is 0. The van der Waals surface area contributed by atoms with Gasteiger partial charge in [-0.25, -0.2) is 8.78 Å². The van der Waals surface area contributed by atoms with Gasteiger partial charge >= 0.3 is 0 Å². The van der Waals surface area contributed by atoms with Crippen molar-refractivity contribution in [3.8, 4) is 5.75 Å². The molecule has 3 N–H and O–H groups in total. The molecule has 5 nitrogen and oxygen atoms in total. The second-order valence-corrected chi connectivity index (χ2v) is 6.02. The first-order valence-corrected chi connectivity index (χ1v) is 8.56. The van der Waals surface area contributed by atoms with E-state index in [1.54, 1.807) is 6.07 Å². The third kappa shape index (κ3) is 5.04. The minimum atomic E-state index is -0.896. The molecule has 146 valence electrons. The number of amides is 2. The van der Waals surface area contributed by atoms with Crippen LogP contribution in [0.2, 0.25) is 0 Å². The summed E-state index contributed by atoms with van der Waals surface area (Å²) in [6.07, 6.45) is 1.21. The molecule has 0 heterocycles. The fourth-order valence-electron chi connectivity index (χ4n) is 2.52. The first-order chi connectivity index (χ1) is 13.9. The second kappa shape index (κ2) is 8.79. The molecule has 0 fully saturated rings. The highest BCUT2D eigenvalue weighted by Crippen LogP contribution is 2.19. The van der Waals surface area contributed by atoms with Gasteiger partial charge in [-0.3, -0.25) is 9.59 Å². The van der Waals surface area contributed by atoms with E-state index >= 15 is 0 Å². The Bertz CT molecular complexity index is 1040. The molecule has 0 saturated heterocycles. The number of nitrogens with one attached hydrogen (secondary N) is 2. The monoisotopic (exact) mass is 394 g/mol. The van der Waals surface area contributed by atoms with E-state index in [0.29, 0.717) is 5.56 Å². The fourth-order valence-corrected chi connectivity index (χ4v) is 2.52. The maximum absolute atomic E-state index is 13.9. The first-order valence-electron chi connectivity index (χ1n) is 8.56. The number of para-hydroxylation sites is 2. The van der Waals surface area contributed by atoms with Gasteiger partial charge in [0.1, 0.15) is 23.0 Å². The molecule has 2 amide bonds. The number of phenolic OH excluding ortho intramolecular Hbond substituents is 1. The molecule has 0 aliphatic heterocycles. The van der Waals surface area contributed by atoms with Gasteiger partial charge in [0.25, 0.3) is 11.8 Å². The largest absolute Gasteiger partial charge is 0.508 e. The van der Waals surface area contributed by atoms with Crippen molar-refractivity contribution in [2.24, 2.45) is 0 Å². The van der Waals surface area contributed by atoms with Gasteiger partial charge in [-0.15, -0.1) is 0 Å². The molecule has 3 aromatic carbocycles. The zero-order valence-corrected chi connectivity index (χ0v) is 15.0. The fraction of sp³-hybridized carbons (Fsp3) is 0. The van der Waals surface area contributed by atoms with Crippen molar-refractivity contribution in [2.45, 2.75) is 0 Å². The maximum Gasteiger partial charge on any atom is 0.261 e. The van der Waals surface area contributed by atoms with Crippen LogP contribution in [-0.2, 0) is 9.59 Å². The van der Waals surface area contributed by atoms with E-state index in [0.717, 1.165) is 12.1 Å². The lowest BCUT2D eigenvalue weighted by molar-refractivity contribution is -0.118. The van der Waals surface area contributed by atoms with Crippen LogP contribution < -0.4 is 10.6 Å². The number of rotatable bonds is 5. The summed E-state index contributed by atoms with van der Waals surface area (Å²) in [5, 5.41) is 14.3. The molecule has 0 saturated carbocycles. The number of carbonyl (C=O) groups excluding carboxylic acids is 2. The van der Waals surface area contributed by atoms with Crippen molar-refractivity contribution in [3.63, 3.8) is 0 Å². The Hall–Kier alpha value is -4.00. The lowest BCUT2D eigenvalue weighted by Crippen LogP contribution is -2.26. The summed E-state index contributed by atoms with van der Waals surface area (Å²) in [6.45, 7) is 0. The van der Waals surface area contributed by atoms with Crippen LogP contribution >= 0.6 is 0 Å². The number of halogens is 2. The number of aromatic hydroxyl groups is 1. The highest BCUT2D eigenvalue weighted by Gasteiger charge is 2.21. The summed E-state index contributed by atoms with van der Waals surface area (Å²) in [4.78, 5) is 25.4. The molecule has 0 spiro atoms. The van der Waals surface area contributed by atoms with Crippen LogP contribution in [0.15, 0.2) is 78.4 Å². The quantitative estimate of drug-likeness (QED) is 0.342. The molecular formula is C22H16F2N2O3. The average molecular weight is 394 g/mol. The van der Waals surface area contributed by atoms with Crippen LogP contribution in [0.1, 0.15) is 5.56 Å². The van der Waals surface area contributed by atoms with Crippen molar-refractivity contribution in [3.05, 3.63) is 95.6 Å². The normalized spacial score (nSPS) is 10.1. The van der Waals surface area contributed by atoms with Crippen molar-refractivity contribution < 1.29 is 23.5 Å². The van der Waals surface area contributed by atoms with Crippen molar-refractivity contribution in [2.75, 3.05) is 10.6 Å². The van der Waals surface area contributed by atoms with Gasteiger partial charge < -0.3 is 15.7 Å². The molecule has 0 aromatic heterocycles. The molecule has 0 atom stereocenters. The lowest BCUT2D eigenvalue weighted by Gasteiger charge is -2.11. The third-order valence-corrected chi connectivity index (χ3v) is 3.91. The Kier molecular flexibility index (Phi) is 5.99. The number of anilines is 2. The summed E-state index contributed by atoms with van der Waals surface area (Å²) in [7, 11) is 0. The SMILES string of the molecule is O=C(Nc1ccccc1F)C(=Cc1cccc(O)c1)C(=O)Nc1ccccc1F. The summed E-state index contributed by atoms with van der Waals surface area (Å²) in [5.74, 6) is -3.21. The van der Waals surface area contributed by atoms with Crippen LogP contribution in [0.25, 0.3) is 6.08 Å². The Morgan fingerprint density at radius 3 is 1.76 bits per heavy atom. The molecule has 0 radical (unpaired) electrons. The van der Waals surface area contributed by atoms with Crippen molar-refractivity contribution in [1.29, 1.82) is 0 Å². The van der Waals surface area contributed by atoms with Gasteiger partial charge in [-0.1, -0.05) is 36.4 Å². The highest BCUT2D eigenvalue weighted by molar-refractivity contribution is 6.28. The van der Waals surface area contributed by atoms with E-state index in [-0.39, 0.29) is 17.1 Å². The van der Waals surface area contributed by atoms with E-state index in [4.69, 9.17) is 0 Å². The topological polar surface area (TPSA) is 78.4 Å². The van der Waals surface area contributed by atoms with Crippen LogP contribution in [0, 0.1) is 11.6 Å². The van der Waals surface area contributed by atoms with Gasteiger partial charge in [-0.05, 0) is 48.0 Å². The van der Waals surface area contributed by atoms with E-state index in [1.165, 1.54) is 60.7 Å². The highest BCUT2D eigenvalue weighted by atomic mass is 19.1. The minimum Gasteiger partial charge on any atom is -0.508 e. The van der Waals surface area contributed by atoms with E-state index in [2.05, 4.69) is 10.6 Å². The van der Waals surface area contributed by atoms with Crippen LogP contribution in [-0.4, -0.2) is 16.9 Å². The van der Waals surface area contributed by atoms with E-state index in [9.17, 15) is 23.5 Å². The van der Waals surface area contributed by atoms with Crippen molar-refractivity contribution >= 4 is 29.3 Å². The zero-order valence-electron chi connectivity index (χ0n) is 15.0. The second-order valence-electron chi connectivity index (χ2n) is 6.02. The van der Waals surface area contributed by atoms with Crippen LogP contribution in [0.3, 0.4) is 0 Å². The number of hydrogen-bond donors (Lipinski definition) is 3. The lowest BCUT2D eigenvalue weighted by atomic mass is 10.1. The predicted octanol–water partition coefficient (Wildman–Crippen LogP) is 4.33. The molecule has 29 heavy (non-hydrogen) atoms. The number of phenols is 1. The average Bonchev–Trinajstić information content (AvgIpc) is 2.69. The van der Waals surface area contributed by atoms with Gasteiger partial charge in [-0.2, -0.15) is 0 Å². The molecular weight excluding hydrogens is 378 g/mol. The van der Waals surface area contributed by atoms with Crippen LogP contribution in [0.5, 0.6) is 5.75 Å². The summed E-state index contributed by atoms with van der Waals surface area (Å²) in [6, 6.07) is 16.8. The van der Waals surface area contributed by atoms with E-state index in [1.807, 2.05) is 0 Å². The zero-order chi connectivity index (χ0) is 20.8. The van der Waals surface area contributed by atoms with Gasteiger partial charge in [0, 0.05) is 0 Å². The molecule has 0 unspecified atom stereocenters. The van der Waals surface area contributed by atoms with Crippen molar-refractivity contribution in [1.82, 2.24) is 0 Å². The van der Waals surface area contributed by atoms with Crippen LogP contribution in [0.4, 0.5) is 20.2 Å². The Balaban J connectivity index is 1.95. The molecule has 0 aliphatic rings. The Morgan fingerprint density at radius 2 is 1.28 bits per heavy atom. The minimum absolute atomic E-state index is 0.0675. The molecule has 0 bridgehead atoms. The first kappa shape index (κ1) is 19.8. The smallest absolute Gasteiger partial charge is 0.261 e. The molecule has 3 rings (SSSR count). The third-order valence-electron chi connectivity index (χ3n) is 3.91. The molecule has 7 heteroatoms. The predicted molar refractivity (Wildman–Crippen MR) is 106 cm³/mol. The number of carbonyl (C=O) groups is 2. The van der Waals surface area contributed by atoms with Gasteiger partial charge in [0.15, 0.2) is 0 Å². The Labute approximate surface area is 165 Å². The molecule has 3 aromatic rings. The van der Waals surface area contributed by atoms with E-state index < -0.39 is 29.0 Å².